The number of carbonyl (C=O) groups is 2. The van der Waals surface area contributed by atoms with Crippen molar-refractivity contribution < 1.29 is 14.7 Å². The number of rotatable bonds is 7. The largest absolute Gasteiger partial charge is 0.481 e. The number of amides is 2. The molecule has 0 spiro atoms. The second kappa shape index (κ2) is 8.09. The van der Waals surface area contributed by atoms with Gasteiger partial charge in [-0.3, -0.25) is 4.79 Å². The van der Waals surface area contributed by atoms with E-state index in [1.165, 1.54) is 12.8 Å². The van der Waals surface area contributed by atoms with E-state index in [-0.39, 0.29) is 18.6 Å². The average Bonchev–Trinajstić information content (AvgIpc) is 2.87. The molecule has 2 unspecified atom stereocenters. The van der Waals surface area contributed by atoms with Gasteiger partial charge in [0, 0.05) is 25.7 Å². The van der Waals surface area contributed by atoms with Crippen molar-refractivity contribution in [1.29, 1.82) is 0 Å². The van der Waals surface area contributed by atoms with Crippen LogP contribution in [0.1, 0.15) is 33.6 Å². The number of nitrogens with one attached hydrogen (secondary N) is 1. The lowest BCUT2D eigenvalue weighted by Gasteiger charge is -2.27. The summed E-state index contributed by atoms with van der Waals surface area (Å²) in [6.45, 7) is 9.29. The Bertz CT molecular complexity index is 330. The zero-order valence-electron chi connectivity index (χ0n) is 12.8. The molecule has 0 aromatic carbocycles. The van der Waals surface area contributed by atoms with Gasteiger partial charge in [0.1, 0.15) is 0 Å². The van der Waals surface area contributed by atoms with Crippen molar-refractivity contribution in [3.05, 3.63) is 0 Å². The molecular weight excluding hydrogens is 258 g/mol. The third kappa shape index (κ3) is 5.36. The molecule has 0 aliphatic carbocycles. The van der Waals surface area contributed by atoms with Gasteiger partial charge in [-0.05, 0) is 39.8 Å². The summed E-state index contributed by atoms with van der Waals surface area (Å²) in [4.78, 5) is 26.9. The number of carboxylic acid groups (broad SMARTS) is 1. The maximum absolute atomic E-state index is 12.1. The second-order valence-electron chi connectivity index (χ2n) is 5.64. The van der Waals surface area contributed by atoms with Crippen molar-refractivity contribution in [2.45, 2.75) is 39.7 Å². The molecule has 1 fully saturated rings. The van der Waals surface area contributed by atoms with Crippen LogP contribution in [0.4, 0.5) is 4.79 Å². The molecule has 0 radical (unpaired) electrons. The van der Waals surface area contributed by atoms with Crippen LogP contribution in [0, 0.1) is 5.92 Å². The Balaban J connectivity index is 2.39. The molecule has 6 nitrogen and oxygen atoms in total. The van der Waals surface area contributed by atoms with E-state index in [1.807, 2.05) is 13.8 Å². The highest BCUT2D eigenvalue weighted by molar-refractivity contribution is 5.76. The van der Waals surface area contributed by atoms with Crippen LogP contribution in [-0.4, -0.2) is 65.7 Å². The van der Waals surface area contributed by atoms with Crippen LogP contribution in [0.3, 0.4) is 0 Å². The van der Waals surface area contributed by atoms with E-state index in [0.717, 1.165) is 19.6 Å². The van der Waals surface area contributed by atoms with Crippen LogP contribution in [0.5, 0.6) is 0 Å². The van der Waals surface area contributed by atoms with Crippen molar-refractivity contribution in [3.63, 3.8) is 0 Å². The number of carboxylic acids is 1. The Morgan fingerprint density at radius 3 is 2.40 bits per heavy atom. The molecule has 1 aliphatic rings. The van der Waals surface area contributed by atoms with Gasteiger partial charge in [-0.1, -0.05) is 6.92 Å². The van der Waals surface area contributed by atoms with E-state index >= 15 is 0 Å². The Morgan fingerprint density at radius 2 is 1.90 bits per heavy atom. The molecule has 2 amide bonds. The minimum Gasteiger partial charge on any atom is -0.481 e. The van der Waals surface area contributed by atoms with Crippen LogP contribution >= 0.6 is 0 Å². The number of nitrogens with zero attached hydrogens (tertiary/aromatic N) is 2. The maximum Gasteiger partial charge on any atom is 0.317 e. The Labute approximate surface area is 121 Å². The zero-order chi connectivity index (χ0) is 15.1. The Hall–Kier alpha value is -1.30. The van der Waals surface area contributed by atoms with Gasteiger partial charge in [0.15, 0.2) is 0 Å². The number of hydrogen-bond acceptors (Lipinski definition) is 3. The molecule has 6 heteroatoms. The number of aliphatic carboxylic acids is 1. The monoisotopic (exact) mass is 285 g/mol. The fraction of sp³-hybridized carbons (Fsp3) is 0.857. The first-order valence-electron chi connectivity index (χ1n) is 7.44. The van der Waals surface area contributed by atoms with Gasteiger partial charge in [0.05, 0.1) is 5.92 Å². The average molecular weight is 285 g/mol. The van der Waals surface area contributed by atoms with Gasteiger partial charge < -0.3 is 20.2 Å². The summed E-state index contributed by atoms with van der Waals surface area (Å²) in [5, 5.41) is 11.9. The summed E-state index contributed by atoms with van der Waals surface area (Å²) in [6, 6.07) is -0.0953. The van der Waals surface area contributed by atoms with Gasteiger partial charge in [-0.15, -0.1) is 0 Å². The quantitative estimate of drug-likeness (QED) is 0.738. The molecule has 0 aromatic rings. The topological polar surface area (TPSA) is 72.9 Å². The van der Waals surface area contributed by atoms with Crippen LogP contribution in [0.15, 0.2) is 0 Å². The standard InChI is InChI=1S/C14H27N3O3/c1-4-17(9-11(2)13(18)19)14(20)15-12(3)10-16-7-5-6-8-16/h11-12H,4-10H2,1-3H3,(H,15,20)(H,18,19). The summed E-state index contributed by atoms with van der Waals surface area (Å²) in [7, 11) is 0. The fourth-order valence-corrected chi connectivity index (χ4v) is 2.46. The number of urea groups is 1. The van der Waals surface area contributed by atoms with E-state index in [4.69, 9.17) is 5.11 Å². The first-order valence-corrected chi connectivity index (χ1v) is 7.44. The van der Waals surface area contributed by atoms with Gasteiger partial charge in [0.2, 0.25) is 0 Å². The first kappa shape index (κ1) is 16.8. The Morgan fingerprint density at radius 1 is 1.30 bits per heavy atom. The van der Waals surface area contributed by atoms with Gasteiger partial charge in [0.25, 0.3) is 0 Å². The van der Waals surface area contributed by atoms with Crippen molar-refractivity contribution in [1.82, 2.24) is 15.1 Å². The van der Waals surface area contributed by atoms with Crippen LogP contribution in [-0.2, 0) is 4.79 Å². The molecule has 116 valence electrons. The minimum absolute atomic E-state index is 0.0785. The zero-order valence-corrected chi connectivity index (χ0v) is 12.8. The predicted octanol–water partition coefficient (Wildman–Crippen LogP) is 1.22. The van der Waals surface area contributed by atoms with Gasteiger partial charge >= 0.3 is 12.0 Å². The van der Waals surface area contributed by atoms with E-state index in [0.29, 0.717) is 6.54 Å². The summed E-state index contributed by atoms with van der Waals surface area (Å²) >= 11 is 0. The Kier molecular flexibility index (Phi) is 6.78. The summed E-state index contributed by atoms with van der Waals surface area (Å²) in [5.41, 5.74) is 0. The lowest BCUT2D eigenvalue weighted by molar-refractivity contribution is -0.141. The number of carbonyl (C=O) groups excluding carboxylic acids is 1. The SMILES string of the molecule is CCN(CC(C)C(=O)O)C(=O)NC(C)CN1CCCC1. The summed E-state index contributed by atoms with van der Waals surface area (Å²) in [6.07, 6.45) is 2.47. The first-order chi connectivity index (χ1) is 9.43. The molecule has 0 aromatic heterocycles. The van der Waals surface area contributed by atoms with Gasteiger partial charge in [-0.25, -0.2) is 4.79 Å². The van der Waals surface area contributed by atoms with Crippen molar-refractivity contribution in [3.8, 4) is 0 Å². The molecule has 1 heterocycles. The van der Waals surface area contributed by atoms with E-state index in [9.17, 15) is 9.59 Å². The lowest BCUT2D eigenvalue weighted by Crippen LogP contribution is -2.49. The number of likely N-dealkylation sites (tertiary alicyclic amines) is 1. The van der Waals surface area contributed by atoms with E-state index in [1.54, 1.807) is 11.8 Å². The van der Waals surface area contributed by atoms with Crippen molar-refractivity contribution in [2.24, 2.45) is 5.92 Å². The van der Waals surface area contributed by atoms with Crippen molar-refractivity contribution in [2.75, 3.05) is 32.7 Å². The van der Waals surface area contributed by atoms with E-state index in [2.05, 4.69) is 10.2 Å². The molecular formula is C14H27N3O3. The molecule has 0 saturated carbocycles. The predicted molar refractivity (Wildman–Crippen MR) is 77.7 cm³/mol. The highest BCUT2D eigenvalue weighted by Gasteiger charge is 2.21. The molecule has 0 bridgehead atoms. The maximum atomic E-state index is 12.1. The van der Waals surface area contributed by atoms with Crippen molar-refractivity contribution >= 4 is 12.0 Å². The summed E-state index contributed by atoms with van der Waals surface area (Å²) < 4.78 is 0. The summed E-state index contributed by atoms with van der Waals surface area (Å²) in [5.74, 6) is -1.42. The van der Waals surface area contributed by atoms with E-state index < -0.39 is 11.9 Å². The molecule has 1 aliphatic heterocycles. The normalized spacial score (nSPS) is 18.6. The smallest absolute Gasteiger partial charge is 0.317 e. The van der Waals surface area contributed by atoms with Gasteiger partial charge in [-0.2, -0.15) is 0 Å². The lowest BCUT2D eigenvalue weighted by atomic mass is 10.2. The highest BCUT2D eigenvalue weighted by Crippen LogP contribution is 2.08. The molecule has 1 saturated heterocycles. The number of hydrogen-bond donors (Lipinski definition) is 2. The van der Waals surface area contributed by atoms with Crippen LogP contribution < -0.4 is 5.32 Å². The molecule has 1 rings (SSSR count). The second-order valence-corrected chi connectivity index (χ2v) is 5.64. The minimum atomic E-state index is -0.874. The molecule has 2 N–H and O–H groups in total. The third-order valence-electron chi connectivity index (χ3n) is 3.69. The molecule has 2 atom stereocenters. The van der Waals surface area contributed by atoms with Crippen LogP contribution in [0.25, 0.3) is 0 Å². The van der Waals surface area contributed by atoms with Crippen LogP contribution in [0.2, 0.25) is 0 Å². The third-order valence-corrected chi connectivity index (χ3v) is 3.69. The fourth-order valence-electron chi connectivity index (χ4n) is 2.46. The highest BCUT2D eigenvalue weighted by atomic mass is 16.4. The molecule has 20 heavy (non-hydrogen) atoms.